The Morgan fingerprint density at radius 2 is 2.30 bits per heavy atom. The van der Waals surface area contributed by atoms with Crippen molar-refractivity contribution in [3.63, 3.8) is 0 Å². The van der Waals surface area contributed by atoms with Crippen LogP contribution in [-0.4, -0.2) is 28.1 Å². The van der Waals surface area contributed by atoms with E-state index in [-0.39, 0.29) is 5.91 Å². The van der Waals surface area contributed by atoms with Crippen molar-refractivity contribution in [2.75, 3.05) is 18.0 Å². The number of carbonyl (C=O) groups excluding carboxylic acids is 1. The monoisotopic (exact) mass is 291 g/mol. The van der Waals surface area contributed by atoms with Gasteiger partial charge in [-0.25, -0.2) is 4.98 Å². The lowest BCUT2D eigenvalue weighted by Crippen LogP contribution is -2.32. The summed E-state index contributed by atoms with van der Waals surface area (Å²) < 4.78 is 0. The third-order valence-electron chi connectivity index (χ3n) is 3.35. The normalized spacial score (nSPS) is 14.8. The van der Waals surface area contributed by atoms with Crippen LogP contribution in [0.3, 0.4) is 0 Å². The first-order valence-electron chi connectivity index (χ1n) is 7.04. The predicted octanol–water partition coefficient (Wildman–Crippen LogP) is 3.06. The Morgan fingerprint density at radius 3 is 2.90 bits per heavy atom. The number of pyridine rings is 1. The summed E-state index contributed by atoms with van der Waals surface area (Å²) in [6.07, 6.45) is 8.46. The molecule has 0 saturated heterocycles. The third-order valence-corrected chi connectivity index (χ3v) is 4.32. The Hall–Kier alpha value is -1.49. The lowest BCUT2D eigenvalue weighted by Gasteiger charge is -2.26. The minimum absolute atomic E-state index is 0.169. The van der Waals surface area contributed by atoms with Gasteiger partial charge in [-0.2, -0.15) is 0 Å². The molecule has 0 atom stereocenters. The summed E-state index contributed by atoms with van der Waals surface area (Å²) >= 11 is 1.51. The zero-order chi connectivity index (χ0) is 14.4. The minimum atomic E-state index is 0.169. The molecular formula is C15H21N3OS. The molecule has 5 heteroatoms. The number of hydrogen-bond acceptors (Lipinski definition) is 4. The Morgan fingerprint density at radius 1 is 1.45 bits per heavy atom. The van der Waals surface area contributed by atoms with Crippen molar-refractivity contribution in [3.05, 3.63) is 30.1 Å². The zero-order valence-electron chi connectivity index (χ0n) is 11.8. The van der Waals surface area contributed by atoms with Crippen molar-refractivity contribution in [2.45, 2.75) is 37.5 Å². The van der Waals surface area contributed by atoms with E-state index in [1.54, 1.807) is 12.3 Å². The molecule has 0 radical (unpaired) electrons. The molecule has 1 aliphatic carbocycles. The Kier molecular flexibility index (Phi) is 5.47. The second-order valence-corrected chi connectivity index (χ2v) is 5.84. The van der Waals surface area contributed by atoms with Gasteiger partial charge in [-0.05, 0) is 44.7 Å². The number of nitrogens with two attached hydrogens (primary N) is 1. The van der Waals surface area contributed by atoms with Crippen molar-refractivity contribution >= 4 is 23.5 Å². The maximum atomic E-state index is 12.3. The maximum Gasteiger partial charge on any atom is 0.237 e. The largest absolute Gasteiger partial charge is 0.384 e. The molecule has 1 amide bonds. The Bertz CT molecular complexity index is 484. The van der Waals surface area contributed by atoms with Gasteiger partial charge in [-0.1, -0.05) is 6.08 Å². The van der Waals surface area contributed by atoms with Crippen molar-refractivity contribution in [1.82, 2.24) is 9.88 Å². The fourth-order valence-electron chi connectivity index (χ4n) is 2.31. The maximum absolute atomic E-state index is 12.3. The van der Waals surface area contributed by atoms with E-state index in [4.69, 9.17) is 5.73 Å². The molecular weight excluding hydrogens is 270 g/mol. The fourth-order valence-corrected chi connectivity index (χ4v) is 3.04. The number of allylic oxidation sites excluding steroid dienone is 2. The van der Waals surface area contributed by atoms with Crippen molar-refractivity contribution in [1.29, 1.82) is 0 Å². The van der Waals surface area contributed by atoms with E-state index in [1.165, 1.54) is 30.3 Å². The summed E-state index contributed by atoms with van der Waals surface area (Å²) in [6, 6.07) is 3.66. The van der Waals surface area contributed by atoms with Crippen LogP contribution in [0.25, 0.3) is 0 Å². The molecule has 0 aliphatic heterocycles. The number of nitrogen functional groups attached to an aromatic ring is 1. The van der Waals surface area contributed by atoms with Gasteiger partial charge in [0.25, 0.3) is 0 Å². The summed E-state index contributed by atoms with van der Waals surface area (Å²) in [5.74, 6) is 1.11. The van der Waals surface area contributed by atoms with Gasteiger partial charge in [0, 0.05) is 23.3 Å². The molecule has 4 nitrogen and oxygen atoms in total. The molecule has 0 saturated carbocycles. The minimum Gasteiger partial charge on any atom is -0.384 e. The summed E-state index contributed by atoms with van der Waals surface area (Å²) in [7, 11) is 0. The molecule has 0 spiro atoms. The van der Waals surface area contributed by atoms with Crippen molar-refractivity contribution in [2.24, 2.45) is 0 Å². The standard InChI is InChI=1S/C15H21N3OS/c1-2-18(12-6-4-3-5-7-12)15(19)11-20-13-8-9-14(16)17-10-13/h6,8-10H,2-5,7,11H2,1H3,(H2,16,17). The SMILES string of the molecule is CCN(C(=O)CSc1ccc(N)nc1)C1=CCCCC1. The van der Waals surface area contributed by atoms with E-state index in [0.29, 0.717) is 11.6 Å². The van der Waals surface area contributed by atoms with Crippen LogP contribution >= 0.6 is 11.8 Å². The fraction of sp³-hybridized carbons (Fsp3) is 0.467. The van der Waals surface area contributed by atoms with Crippen LogP contribution in [0.5, 0.6) is 0 Å². The van der Waals surface area contributed by atoms with Crippen LogP contribution in [0, 0.1) is 0 Å². The summed E-state index contributed by atoms with van der Waals surface area (Å²) in [5, 5.41) is 0. The highest BCUT2D eigenvalue weighted by atomic mass is 32.2. The number of rotatable bonds is 5. The first-order valence-corrected chi connectivity index (χ1v) is 8.03. The molecule has 0 bridgehead atoms. The lowest BCUT2D eigenvalue weighted by molar-refractivity contribution is -0.126. The molecule has 2 N–H and O–H groups in total. The van der Waals surface area contributed by atoms with Gasteiger partial charge >= 0.3 is 0 Å². The second kappa shape index (κ2) is 7.33. The van der Waals surface area contributed by atoms with Crippen molar-refractivity contribution in [3.8, 4) is 0 Å². The van der Waals surface area contributed by atoms with E-state index in [9.17, 15) is 4.79 Å². The number of hydrogen-bond donors (Lipinski definition) is 1. The smallest absolute Gasteiger partial charge is 0.237 e. The molecule has 0 aromatic carbocycles. The average Bonchev–Trinajstić information content (AvgIpc) is 2.48. The number of thioether (sulfide) groups is 1. The molecule has 1 aliphatic rings. The van der Waals surface area contributed by atoms with E-state index in [2.05, 4.69) is 11.1 Å². The van der Waals surface area contributed by atoms with Gasteiger partial charge in [0.2, 0.25) is 5.91 Å². The van der Waals surface area contributed by atoms with E-state index in [0.717, 1.165) is 24.3 Å². The number of amides is 1. The number of aromatic nitrogens is 1. The summed E-state index contributed by atoms with van der Waals surface area (Å²) in [4.78, 5) is 19.3. The van der Waals surface area contributed by atoms with Gasteiger partial charge in [0.1, 0.15) is 5.82 Å². The van der Waals surface area contributed by atoms with Gasteiger partial charge in [0.05, 0.1) is 5.75 Å². The molecule has 0 unspecified atom stereocenters. The quantitative estimate of drug-likeness (QED) is 0.847. The lowest BCUT2D eigenvalue weighted by atomic mass is 10.0. The molecule has 1 aromatic rings. The average molecular weight is 291 g/mol. The van der Waals surface area contributed by atoms with Crippen LogP contribution in [0.1, 0.15) is 32.6 Å². The van der Waals surface area contributed by atoms with Crippen LogP contribution in [0.15, 0.2) is 35.0 Å². The van der Waals surface area contributed by atoms with E-state index >= 15 is 0 Å². The Labute approximate surface area is 124 Å². The first-order chi connectivity index (χ1) is 9.70. The van der Waals surface area contributed by atoms with Gasteiger partial charge in [-0.3, -0.25) is 4.79 Å². The molecule has 1 aromatic heterocycles. The molecule has 1 heterocycles. The van der Waals surface area contributed by atoms with Crippen LogP contribution in [0.2, 0.25) is 0 Å². The first kappa shape index (κ1) is 14.9. The van der Waals surface area contributed by atoms with Gasteiger partial charge < -0.3 is 10.6 Å². The number of carbonyl (C=O) groups is 1. The highest BCUT2D eigenvalue weighted by molar-refractivity contribution is 8.00. The highest BCUT2D eigenvalue weighted by Crippen LogP contribution is 2.23. The highest BCUT2D eigenvalue weighted by Gasteiger charge is 2.17. The predicted molar refractivity (Wildman–Crippen MR) is 83.3 cm³/mol. The van der Waals surface area contributed by atoms with Crippen LogP contribution in [0.4, 0.5) is 5.82 Å². The van der Waals surface area contributed by atoms with Crippen molar-refractivity contribution < 1.29 is 4.79 Å². The van der Waals surface area contributed by atoms with Gasteiger partial charge in [0.15, 0.2) is 0 Å². The molecule has 20 heavy (non-hydrogen) atoms. The number of anilines is 1. The number of nitrogens with zero attached hydrogens (tertiary/aromatic N) is 2. The summed E-state index contributed by atoms with van der Waals surface area (Å²) in [6.45, 7) is 2.77. The van der Waals surface area contributed by atoms with Crippen LogP contribution < -0.4 is 5.73 Å². The zero-order valence-corrected chi connectivity index (χ0v) is 12.7. The van der Waals surface area contributed by atoms with E-state index in [1.807, 2.05) is 17.9 Å². The van der Waals surface area contributed by atoms with E-state index < -0.39 is 0 Å². The summed E-state index contributed by atoms with van der Waals surface area (Å²) in [5.41, 5.74) is 6.74. The van der Waals surface area contributed by atoms with Gasteiger partial charge in [-0.15, -0.1) is 11.8 Å². The Balaban J connectivity index is 1.92. The molecule has 0 fully saturated rings. The molecule has 108 valence electrons. The topological polar surface area (TPSA) is 59.2 Å². The third kappa shape index (κ3) is 4.00. The van der Waals surface area contributed by atoms with Crippen LogP contribution in [-0.2, 0) is 4.79 Å². The molecule has 2 rings (SSSR count). The second-order valence-electron chi connectivity index (χ2n) is 4.79.